The van der Waals surface area contributed by atoms with Gasteiger partial charge in [0.1, 0.15) is 0 Å². The molecule has 0 unspecified atom stereocenters. The summed E-state index contributed by atoms with van der Waals surface area (Å²) in [5, 5.41) is 0. The number of rotatable bonds is 17. The third-order valence-corrected chi connectivity index (χ3v) is 5.91. The first-order valence-electron chi connectivity index (χ1n) is 10.4. The Kier molecular flexibility index (Phi) is 18.3. The molecule has 1 rings (SSSR count). The van der Waals surface area contributed by atoms with Crippen molar-refractivity contribution < 1.29 is 12.6 Å². The predicted octanol–water partition coefficient (Wildman–Crippen LogP) is 6.04. The first kappa shape index (κ1) is 27.1. The van der Waals surface area contributed by atoms with Gasteiger partial charge >= 0.3 is 29.6 Å². The van der Waals surface area contributed by atoms with Crippen molar-refractivity contribution in [1.82, 2.24) is 0 Å². The van der Waals surface area contributed by atoms with Crippen molar-refractivity contribution >= 4 is 39.7 Å². The van der Waals surface area contributed by atoms with Crippen LogP contribution in [-0.4, -0.2) is 44.6 Å². The van der Waals surface area contributed by atoms with Crippen molar-refractivity contribution in [3.05, 3.63) is 36.8 Å². The Morgan fingerprint density at radius 2 is 1.30 bits per heavy atom. The normalized spacial score (nSPS) is 11.3. The van der Waals surface area contributed by atoms with Crippen LogP contribution in [0.3, 0.4) is 0 Å². The zero-order valence-corrected chi connectivity index (χ0v) is 17.3. The molecule has 0 saturated heterocycles. The van der Waals surface area contributed by atoms with Gasteiger partial charge in [-0.05, 0) is 31.4 Å². The summed E-state index contributed by atoms with van der Waals surface area (Å²) in [6.07, 6.45) is 18.7. The van der Waals surface area contributed by atoms with Gasteiger partial charge < -0.3 is 0 Å². The van der Waals surface area contributed by atoms with Gasteiger partial charge in [0.05, 0.1) is 11.5 Å². The summed E-state index contributed by atoms with van der Waals surface area (Å²) >= 11 is 0. The topological polar surface area (TPSA) is 43.4 Å². The molecule has 27 heavy (non-hydrogen) atoms. The van der Waals surface area contributed by atoms with Gasteiger partial charge in [0.15, 0.2) is 0 Å². The van der Waals surface area contributed by atoms with Crippen LogP contribution in [0.15, 0.2) is 35.2 Å². The molecule has 0 N–H and O–H groups in total. The average Bonchev–Trinajstić information content (AvgIpc) is 2.65. The SMILES string of the molecule is CCCCCCCCCCCC[CH]CCCOS(=O)(=O)c1ccccc1.[NaH]. The molecule has 3 nitrogen and oxygen atoms in total. The molecule has 0 aliphatic carbocycles. The Morgan fingerprint density at radius 3 is 1.89 bits per heavy atom. The van der Waals surface area contributed by atoms with Gasteiger partial charge in [-0.25, -0.2) is 0 Å². The number of hydrogen-bond acceptors (Lipinski definition) is 3. The van der Waals surface area contributed by atoms with E-state index in [4.69, 9.17) is 4.18 Å². The van der Waals surface area contributed by atoms with E-state index in [1.807, 2.05) is 0 Å². The standard InChI is InChI=1S/C22H37O3S.Na.H/c1-2-3-4-5-6-7-8-9-10-11-12-13-14-18-21-25-26(23,24)22-19-16-15-17-20-22;;/h13,15-17,19-20H,2-12,14,18,21H2,1H3;;. The molecule has 0 saturated carbocycles. The Labute approximate surface area is 190 Å². The third-order valence-electron chi connectivity index (χ3n) is 4.58. The van der Waals surface area contributed by atoms with E-state index in [-0.39, 0.29) is 41.1 Å². The predicted molar refractivity (Wildman–Crippen MR) is 117 cm³/mol. The number of benzene rings is 1. The molecular weight excluding hydrogens is 367 g/mol. The summed E-state index contributed by atoms with van der Waals surface area (Å²) in [5.41, 5.74) is 0. The summed E-state index contributed by atoms with van der Waals surface area (Å²) in [5.74, 6) is 0. The molecule has 0 atom stereocenters. The molecule has 0 spiro atoms. The Hall–Kier alpha value is 0.130. The van der Waals surface area contributed by atoms with E-state index < -0.39 is 10.1 Å². The van der Waals surface area contributed by atoms with E-state index in [0.29, 0.717) is 0 Å². The van der Waals surface area contributed by atoms with Crippen molar-refractivity contribution in [2.24, 2.45) is 0 Å². The van der Waals surface area contributed by atoms with Crippen LogP contribution < -0.4 is 0 Å². The minimum absolute atomic E-state index is 0. The van der Waals surface area contributed by atoms with Gasteiger partial charge in [-0.2, -0.15) is 8.42 Å². The molecule has 1 radical (unpaired) electrons. The van der Waals surface area contributed by atoms with Gasteiger partial charge in [0.25, 0.3) is 10.1 Å². The van der Waals surface area contributed by atoms with Crippen LogP contribution in [0.4, 0.5) is 0 Å². The van der Waals surface area contributed by atoms with Gasteiger partial charge in [0.2, 0.25) is 0 Å². The van der Waals surface area contributed by atoms with E-state index in [0.717, 1.165) is 19.3 Å². The fourth-order valence-corrected chi connectivity index (χ4v) is 3.94. The average molecular weight is 406 g/mol. The molecule has 0 bridgehead atoms. The Morgan fingerprint density at radius 1 is 0.778 bits per heavy atom. The molecule has 0 fully saturated rings. The molecule has 0 amide bonds. The van der Waals surface area contributed by atoms with E-state index in [2.05, 4.69) is 13.3 Å². The van der Waals surface area contributed by atoms with Crippen LogP contribution in [0.2, 0.25) is 0 Å². The third kappa shape index (κ3) is 14.7. The molecule has 0 heterocycles. The van der Waals surface area contributed by atoms with Crippen LogP contribution in [0, 0.1) is 6.42 Å². The quantitative estimate of drug-likeness (QED) is 0.180. The van der Waals surface area contributed by atoms with Crippen molar-refractivity contribution in [2.75, 3.05) is 6.61 Å². The molecule has 0 aliphatic heterocycles. The fraction of sp³-hybridized carbons (Fsp3) is 0.682. The van der Waals surface area contributed by atoms with E-state index in [9.17, 15) is 8.42 Å². The van der Waals surface area contributed by atoms with E-state index >= 15 is 0 Å². The van der Waals surface area contributed by atoms with Crippen LogP contribution in [0.5, 0.6) is 0 Å². The maximum atomic E-state index is 11.9. The second kappa shape index (κ2) is 18.2. The maximum absolute atomic E-state index is 11.9. The van der Waals surface area contributed by atoms with Crippen LogP contribution >= 0.6 is 0 Å². The first-order valence-corrected chi connectivity index (χ1v) is 11.8. The van der Waals surface area contributed by atoms with Gasteiger partial charge in [-0.3, -0.25) is 4.18 Å². The van der Waals surface area contributed by atoms with Gasteiger partial charge in [-0.1, -0.05) is 95.8 Å². The summed E-state index contributed by atoms with van der Waals surface area (Å²) in [7, 11) is -3.59. The summed E-state index contributed by atoms with van der Waals surface area (Å²) in [6.45, 7) is 2.52. The zero-order valence-electron chi connectivity index (χ0n) is 16.5. The summed E-state index contributed by atoms with van der Waals surface area (Å²) in [6, 6.07) is 8.33. The van der Waals surface area contributed by atoms with Crippen molar-refractivity contribution in [1.29, 1.82) is 0 Å². The van der Waals surface area contributed by atoms with Gasteiger partial charge in [0, 0.05) is 0 Å². The first-order chi connectivity index (χ1) is 12.7. The van der Waals surface area contributed by atoms with E-state index in [1.54, 1.807) is 30.3 Å². The molecule has 5 heteroatoms. The van der Waals surface area contributed by atoms with Crippen LogP contribution in [0.25, 0.3) is 0 Å². The fourth-order valence-electron chi connectivity index (χ4n) is 2.97. The molecular formula is C22H38NaO3S. The molecule has 1 aromatic rings. The van der Waals surface area contributed by atoms with E-state index in [1.165, 1.54) is 64.2 Å². The molecule has 0 aromatic heterocycles. The zero-order chi connectivity index (χ0) is 18.9. The van der Waals surface area contributed by atoms with Crippen LogP contribution in [0.1, 0.15) is 90.4 Å². The van der Waals surface area contributed by atoms with Crippen LogP contribution in [-0.2, 0) is 14.3 Å². The Bertz CT molecular complexity index is 532. The Balaban J connectivity index is 0.00000676. The second-order valence-corrected chi connectivity index (χ2v) is 8.61. The number of unbranched alkanes of at least 4 members (excludes halogenated alkanes) is 13. The molecule has 151 valence electrons. The monoisotopic (exact) mass is 405 g/mol. The van der Waals surface area contributed by atoms with Crippen molar-refractivity contribution in [3.8, 4) is 0 Å². The minimum atomic E-state index is -3.59. The molecule has 1 aromatic carbocycles. The summed E-state index contributed by atoms with van der Waals surface area (Å²) < 4.78 is 28.9. The van der Waals surface area contributed by atoms with Gasteiger partial charge in [-0.15, -0.1) is 0 Å². The molecule has 0 aliphatic rings. The summed E-state index contributed by atoms with van der Waals surface area (Å²) in [4.78, 5) is 0.231. The van der Waals surface area contributed by atoms with Crippen molar-refractivity contribution in [3.63, 3.8) is 0 Å². The number of hydrogen-bond donors (Lipinski definition) is 0. The van der Waals surface area contributed by atoms with Crippen molar-refractivity contribution in [2.45, 2.75) is 95.3 Å². The second-order valence-electron chi connectivity index (χ2n) is 6.99.